The van der Waals surface area contributed by atoms with Crippen LogP contribution in [0.3, 0.4) is 0 Å². The molecule has 0 atom stereocenters. The summed E-state index contributed by atoms with van der Waals surface area (Å²) < 4.78 is 8.87. The van der Waals surface area contributed by atoms with Gasteiger partial charge in [0, 0.05) is 47.4 Å². The average Bonchev–Trinajstić information content (AvgIpc) is 3.04. The van der Waals surface area contributed by atoms with Crippen LogP contribution in [0.2, 0.25) is 0 Å². The van der Waals surface area contributed by atoms with Gasteiger partial charge in [0.05, 0.1) is 6.07 Å². The molecular weight excluding hydrogens is 514 g/mol. The van der Waals surface area contributed by atoms with Crippen molar-refractivity contribution in [1.82, 2.24) is 4.58 Å². The Bertz CT molecular complexity index is 1330. The summed E-state index contributed by atoms with van der Waals surface area (Å²) in [7, 11) is 1.50. The lowest BCUT2D eigenvalue weighted by Crippen LogP contribution is -2.29. The third kappa shape index (κ3) is 9.19. The lowest BCUT2D eigenvalue weighted by atomic mass is 9.93. The van der Waals surface area contributed by atoms with E-state index in [0.717, 1.165) is 54.4 Å². The summed E-state index contributed by atoms with van der Waals surface area (Å²) in [5.74, 6) is 1.94. The molecule has 230 valence electrons. The summed E-state index contributed by atoms with van der Waals surface area (Å²) in [6.07, 6.45) is 8.45. The van der Waals surface area contributed by atoms with Crippen LogP contribution in [0, 0.1) is 5.92 Å². The van der Waals surface area contributed by atoms with Crippen molar-refractivity contribution in [3.63, 3.8) is 0 Å². The zero-order valence-corrected chi connectivity index (χ0v) is 27.9. The highest BCUT2D eigenvalue weighted by Crippen LogP contribution is 2.40. The van der Waals surface area contributed by atoms with Crippen molar-refractivity contribution in [3.05, 3.63) is 72.1 Å². The Kier molecular flexibility index (Phi) is 16.0. The Morgan fingerprint density at radius 1 is 0.762 bits per heavy atom. The van der Waals surface area contributed by atoms with Gasteiger partial charge in [0.2, 0.25) is 5.36 Å². The minimum absolute atomic E-state index is 0.933. The molecule has 42 heavy (non-hydrogen) atoms. The van der Waals surface area contributed by atoms with Crippen LogP contribution in [0.25, 0.3) is 33.4 Å². The zero-order valence-electron chi connectivity index (χ0n) is 27.9. The molecule has 0 saturated carbocycles. The molecule has 4 nitrogen and oxygen atoms in total. The van der Waals surface area contributed by atoms with E-state index in [9.17, 15) is 0 Å². The maximum absolute atomic E-state index is 6.51. The lowest BCUT2D eigenvalue weighted by Gasteiger charge is -2.22. The molecule has 2 aromatic carbocycles. The number of benzene rings is 3. The highest BCUT2D eigenvalue weighted by Gasteiger charge is 2.19. The molecule has 1 aliphatic heterocycles. The third-order valence-corrected chi connectivity index (χ3v) is 8.38. The molecule has 0 spiro atoms. The van der Waals surface area contributed by atoms with Crippen molar-refractivity contribution in [2.45, 2.75) is 87.0 Å². The van der Waals surface area contributed by atoms with Gasteiger partial charge in [-0.1, -0.05) is 89.6 Å². The van der Waals surface area contributed by atoms with E-state index in [-0.39, 0.29) is 0 Å². The van der Waals surface area contributed by atoms with Gasteiger partial charge < -0.3 is 15.1 Å². The Balaban J connectivity index is 0.000000438. The number of rotatable bonds is 12. The van der Waals surface area contributed by atoms with Crippen LogP contribution in [0.5, 0.6) is 0 Å². The molecule has 1 heterocycles. The molecule has 0 bridgehead atoms. The molecule has 0 fully saturated rings. The number of nitrogens with zero attached hydrogens (tertiary/aromatic N) is 2. The predicted octanol–water partition coefficient (Wildman–Crippen LogP) is 9.44. The van der Waals surface area contributed by atoms with Crippen LogP contribution in [-0.4, -0.2) is 33.2 Å². The lowest BCUT2D eigenvalue weighted by molar-refractivity contribution is 0.432. The van der Waals surface area contributed by atoms with Crippen molar-refractivity contribution < 1.29 is 4.42 Å². The Morgan fingerprint density at radius 2 is 1.43 bits per heavy atom. The minimum Gasteiger partial charge on any atom is -0.456 e. The second-order valence-electron chi connectivity index (χ2n) is 10.7. The molecule has 0 radical (unpaired) electrons. The zero-order chi connectivity index (χ0) is 30.9. The molecule has 4 rings (SSSR count). The Hall–Kier alpha value is -3.11. The van der Waals surface area contributed by atoms with Gasteiger partial charge in [0.1, 0.15) is 24.4 Å². The van der Waals surface area contributed by atoms with E-state index < -0.39 is 0 Å². The molecule has 0 aromatic heterocycles. The van der Waals surface area contributed by atoms with Gasteiger partial charge >= 0.3 is 0 Å². The van der Waals surface area contributed by atoms with Gasteiger partial charge in [-0.05, 0) is 64.4 Å². The van der Waals surface area contributed by atoms with Crippen molar-refractivity contribution in [3.8, 4) is 22.5 Å². The van der Waals surface area contributed by atoms with Gasteiger partial charge in [0.25, 0.3) is 0 Å². The van der Waals surface area contributed by atoms with E-state index in [1.807, 2.05) is 0 Å². The standard InChI is InChI=1S/C27H31N2O.C10H22.CH5N/c1-5-28(6-2)21-14-16-23-25(18-21)30-26-19-22(29(7-3)8-4)15-17-24(26)27(23)20-12-10-9-11-13-20;1-4-7-8-9-10(5-2)6-3;1-2/h9-19H,5-8H2,1-4H3;10H,4-9H2,1-3H3;2H2,1H3/q+1;;. The van der Waals surface area contributed by atoms with Crippen molar-refractivity contribution in [2.75, 3.05) is 38.1 Å². The Labute approximate surface area is 256 Å². The summed E-state index contributed by atoms with van der Waals surface area (Å²) >= 11 is 0. The third-order valence-electron chi connectivity index (χ3n) is 8.38. The molecule has 0 amide bonds. The van der Waals surface area contributed by atoms with Gasteiger partial charge in [-0.3, -0.25) is 0 Å². The molecule has 0 unspecified atom stereocenters. The van der Waals surface area contributed by atoms with Crippen LogP contribution < -0.4 is 20.6 Å². The molecule has 2 N–H and O–H groups in total. The normalized spacial score (nSPS) is 10.7. The van der Waals surface area contributed by atoms with Crippen LogP contribution in [0.15, 0.2) is 71.1 Å². The van der Waals surface area contributed by atoms with Crippen LogP contribution in [0.1, 0.15) is 87.0 Å². The van der Waals surface area contributed by atoms with Gasteiger partial charge in [0.15, 0.2) is 0 Å². The first-order chi connectivity index (χ1) is 20.5. The summed E-state index contributed by atoms with van der Waals surface area (Å²) in [5, 5.41) is 2.36. The van der Waals surface area contributed by atoms with Crippen molar-refractivity contribution >= 4 is 16.7 Å². The number of anilines is 1. The van der Waals surface area contributed by atoms with E-state index >= 15 is 0 Å². The molecule has 2 aliphatic rings. The van der Waals surface area contributed by atoms with Crippen LogP contribution in [-0.2, 0) is 0 Å². The number of hydrogen-bond donors (Lipinski definition) is 1. The maximum Gasteiger partial charge on any atom is 0.203 e. The molecule has 4 heteroatoms. The SMILES string of the molecule is CCCCCC(CC)CC.CCN(CC)c1ccc2c(-c3ccccc3)c3ccc(=[N+](CC)CC)cc-3oc2c1.CN. The highest BCUT2D eigenvalue weighted by atomic mass is 16.3. The predicted molar refractivity (Wildman–Crippen MR) is 187 cm³/mol. The second-order valence-corrected chi connectivity index (χ2v) is 10.7. The van der Waals surface area contributed by atoms with Gasteiger partial charge in [-0.15, -0.1) is 0 Å². The van der Waals surface area contributed by atoms with Crippen LogP contribution >= 0.6 is 0 Å². The number of unbranched alkanes of at least 4 members (excludes halogenated alkanes) is 2. The summed E-state index contributed by atoms with van der Waals surface area (Å²) in [6.45, 7) is 19.6. The quantitative estimate of drug-likeness (QED) is 0.104. The summed E-state index contributed by atoms with van der Waals surface area (Å²) in [6, 6.07) is 23.9. The average molecular weight is 573 g/mol. The fraction of sp³-hybridized carbons (Fsp3) is 0.500. The first kappa shape index (κ1) is 35.1. The van der Waals surface area contributed by atoms with Gasteiger partial charge in [-0.2, -0.15) is 0 Å². The van der Waals surface area contributed by atoms with Gasteiger partial charge in [-0.25, -0.2) is 4.58 Å². The maximum atomic E-state index is 6.51. The largest absolute Gasteiger partial charge is 0.456 e. The van der Waals surface area contributed by atoms with Crippen LogP contribution in [0.4, 0.5) is 5.69 Å². The Morgan fingerprint density at radius 3 is 2.00 bits per heavy atom. The van der Waals surface area contributed by atoms with E-state index in [4.69, 9.17) is 4.42 Å². The number of nitrogens with two attached hydrogens (primary N) is 1. The van der Waals surface area contributed by atoms with Crippen molar-refractivity contribution in [2.24, 2.45) is 11.7 Å². The van der Waals surface area contributed by atoms with E-state index in [1.165, 1.54) is 67.7 Å². The fourth-order valence-corrected chi connectivity index (χ4v) is 5.73. The monoisotopic (exact) mass is 572 g/mol. The van der Waals surface area contributed by atoms with E-state index in [0.29, 0.717) is 0 Å². The molecule has 1 aliphatic carbocycles. The molecular formula is C38H58N3O+. The van der Waals surface area contributed by atoms with Crippen molar-refractivity contribution in [1.29, 1.82) is 0 Å². The molecule has 0 saturated heterocycles. The number of hydrogen-bond acceptors (Lipinski definition) is 3. The highest BCUT2D eigenvalue weighted by molar-refractivity contribution is 6.02. The minimum atomic E-state index is 0.933. The first-order valence-electron chi connectivity index (χ1n) is 16.5. The first-order valence-corrected chi connectivity index (χ1v) is 16.5. The van der Waals surface area contributed by atoms with E-state index in [1.54, 1.807) is 0 Å². The summed E-state index contributed by atoms with van der Waals surface area (Å²) in [4.78, 5) is 2.35. The fourth-order valence-electron chi connectivity index (χ4n) is 5.73. The molecule has 2 aromatic rings. The summed E-state index contributed by atoms with van der Waals surface area (Å²) in [5.41, 5.74) is 10.2. The smallest absolute Gasteiger partial charge is 0.203 e. The van der Waals surface area contributed by atoms with E-state index in [2.05, 4.69) is 130 Å². The topological polar surface area (TPSA) is 45.4 Å². The number of fused-ring (bicyclic) bond motifs is 2. The second kappa shape index (κ2) is 19.2.